The minimum atomic E-state index is -0.927. The van der Waals surface area contributed by atoms with Gasteiger partial charge in [-0.2, -0.15) is 0 Å². The summed E-state index contributed by atoms with van der Waals surface area (Å²) in [6.45, 7) is 14.7. The second kappa shape index (κ2) is 7.42. The van der Waals surface area contributed by atoms with Crippen LogP contribution in [-0.2, 0) is 9.59 Å². The number of nitrogens with zero attached hydrogens (tertiary/aromatic N) is 2. The van der Waals surface area contributed by atoms with E-state index in [0.29, 0.717) is 19.1 Å². The number of piperazine rings is 1. The zero-order chi connectivity index (χ0) is 17.1. The molecule has 0 spiro atoms. The van der Waals surface area contributed by atoms with Crippen molar-refractivity contribution in [1.29, 1.82) is 0 Å². The average molecular weight is 312 g/mol. The molecule has 3 N–H and O–H groups in total. The van der Waals surface area contributed by atoms with Crippen molar-refractivity contribution in [3.8, 4) is 0 Å². The minimum absolute atomic E-state index is 0.0415. The van der Waals surface area contributed by atoms with E-state index in [9.17, 15) is 9.59 Å². The highest BCUT2D eigenvalue weighted by molar-refractivity contribution is 5.92. The Hall–Kier alpha value is -1.14. The first-order chi connectivity index (χ1) is 10.1. The van der Waals surface area contributed by atoms with Crippen molar-refractivity contribution in [2.45, 2.75) is 59.2 Å². The number of carbonyl (C=O) groups excluding carboxylic acids is 2. The molecule has 0 aromatic carbocycles. The van der Waals surface area contributed by atoms with Gasteiger partial charge in [-0.1, -0.05) is 13.8 Å². The molecule has 6 heteroatoms. The highest BCUT2D eigenvalue weighted by atomic mass is 16.2. The third-order valence-corrected chi connectivity index (χ3v) is 4.32. The number of nitrogens with one attached hydrogen (secondary N) is 1. The Labute approximate surface area is 134 Å². The number of rotatable bonds is 5. The number of carbonyl (C=O) groups is 2. The van der Waals surface area contributed by atoms with Crippen LogP contribution < -0.4 is 11.1 Å². The third kappa shape index (κ3) is 4.68. The molecule has 22 heavy (non-hydrogen) atoms. The van der Waals surface area contributed by atoms with Crippen molar-refractivity contribution in [2.24, 2.45) is 11.7 Å². The van der Waals surface area contributed by atoms with Gasteiger partial charge in [0.05, 0.1) is 6.04 Å². The molecule has 128 valence electrons. The Kier molecular flexibility index (Phi) is 6.38. The number of hydrogen-bond acceptors (Lipinski definition) is 4. The molecule has 2 amide bonds. The van der Waals surface area contributed by atoms with Crippen LogP contribution in [0.1, 0.15) is 41.5 Å². The van der Waals surface area contributed by atoms with Gasteiger partial charge in [-0.15, -0.1) is 0 Å². The van der Waals surface area contributed by atoms with Crippen molar-refractivity contribution in [2.75, 3.05) is 26.2 Å². The summed E-state index contributed by atoms with van der Waals surface area (Å²) in [7, 11) is 0. The van der Waals surface area contributed by atoms with Crippen LogP contribution in [0.2, 0.25) is 0 Å². The molecule has 0 aromatic rings. The molecule has 1 rings (SSSR count). The van der Waals surface area contributed by atoms with Gasteiger partial charge in [0.25, 0.3) is 0 Å². The van der Waals surface area contributed by atoms with Crippen LogP contribution in [0.5, 0.6) is 0 Å². The standard InChI is InChI=1S/C16H32N4O2/c1-11(2)13(17)14(21)18-16(5,6)15(22)20-9-7-19(8-10-20)12(3)4/h11-13H,7-10,17H2,1-6H3,(H,18,21). The number of amides is 2. The zero-order valence-electron chi connectivity index (χ0n) is 14.8. The SMILES string of the molecule is CC(C)C(N)C(=O)NC(C)(C)C(=O)N1CCN(C(C)C)CC1. The van der Waals surface area contributed by atoms with Crippen molar-refractivity contribution in [1.82, 2.24) is 15.1 Å². The van der Waals surface area contributed by atoms with E-state index < -0.39 is 11.6 Å². The quantitative estimate of drug-likeness (QED) is 0.771. The van der Waals surface area contributed by atoms with E-state index in [1.807, 2.05) is 18.7 Å². The molecule has 6 nitrogen and oxygen atoms in total. The largest absolute Gasteiger partial charge is 0.341 e. The zero-order valence-corrected chi connectivity index (χ0v) is 14.8. The summed E-state index contributed by atoms with van der Waals surface area (Å²) in [5, 5.41) is 2.80. The molecule has 1 heterocycles. The minimum Gasteiger partial charge on any atom is -0.341 e. The summed E-state index contributed by atoms with van der Waals surface area (Å²) >= 11 is 0. The predicted octanol–water partition coefficient (Wildman–Crippen LogP) is 0.417. The lowest BCUT2D eigenvalue weighted by molar-refractivity contribution is -0.142. The molecule has 0 bridgehead atoms. The second-order valence-electron chi connectivity index (χ2n) is 7.31. The molecule has 1 aliphatic rings. The van der Waals surface area contributed by atoms with Crippen LogP contribution in [0, 0.1) is 5.92 Å². The lowest BCUT2D eigenvalue weighted by Gasteiger charge is -2.40. The van der Waals surface area contributed by atoms with E-state index in [1.54, 1.807) is 13.8 Å². The molecule has 1 atom stereocenters. The van der Waals surface area contributed by atoms with Gasteiger partial charge in [0.15, 0.2) is 0 Å². The Bertz CT molecular complexity index is 399. The summed E-state index contributed by atoms with van der Waals surface area (Å²) < 4.78 is 0. The van der Waals surface area contributed by atoms with Gasteiger partial charge in [-0.05, 0) is 33.6 Å². The molecule has 1 aliphatic heterocycles. The van der Waals surface area contributed by atoms with Gasteiger partial charge in [0, 0.05) is 32.2 Å². The lowest BCUT2D eigenvalue weighted by Crippen LogP contribution is -2.62. The molecule has 1 unspecified atom stereocenters. The summed E-state index contributed by atoms with van der Waals surface area (Å²) in [5.41, 5.74) is 4.93. The van der Waals surface area contributed by atoms with Crippen LogP contribution in [-0.4, -0.2) is 65.4 Å². The predicted molar refractivity (Wildman–Crippen MR) is 88.3 cm³/mol. The molecular formula is C16H32N4O2. The van der Waals surface area contributed by atoms with Crippen molar-refractivity contribution in [3.05, 3.63) is 0 Å². The Morgan fingerprint density at radius 3 is 1.95 bits per heavy atom. The van der Waals surface area contributed by atoms with Gasteiger partial charge in [0.1, 0.15) is 5.54 Å². The summed E-state index contributed by atoms with van der Waals surface area (Å²) in [5.74, 6) is -0.269. The highest BCUT2D eigenvalue weighted by Gasteiger charge is 2.36. The topological polar surface area (TPSA) is 78.7 Å². The van der Waals surface area contributed by atoms with Gasteiger partial charge < -0.3 is 16.0 Å². The maximum atomic E-state index is 12.7. The van der Waals surface area contributed by atoms with Crippen molar-refractivity contribution < 1.29 is 9.59 Å². The van der Waals surface area contributed by atoms with Crippen LogP contribution in [0.3, 0.4) is 0 Å². The fraction of sp³-hybridized carbons (Fsp3) is 0.875. The Morgan fingerprint density at radius 2 is 1.55 bits per heavy atom. The molecule has 1 fully saturated rings. The smallest absolute Gasteiger partial charge is 0.247 e. The lowest BCUT2D eigenvalue weighted by atomic mass is 9.99. The second-order valence-corrected chi connectivity index (χ2v) is 7.31. The van der Waals surface area contributed by atoms with E-state index in [1.165, 1.54) is 0 Å². The van der Waals surface area contributed by atoms with Gasteiger partial charge >= 0.3 is 0 Å². The molecule has 0 saturated carbocycles. The van der Waals surface area contributed by atoms with Crippen LogP contribution in [0.4, 0.5) is 0 Å². The number of nitrogens with two attached hydrogens (primary N) is 1. The van der Waals surface area contributed by atoms with Crippen LogP contribution in [0.25, 0.3) is 0 Å². The first kappa shape index (κ1) is 18.9. The first-order valence-corrected chi connectivity index (χ1v) is 8.17. The van der Waals surface area contributed by atoms with E-state index in [0.717, 1.165) is 13.1 Å². The summed E-state index contributed by atoms with van der Waals surface area (Å²) in [6, 6.07) is -0.0983. The van der Waals surface area contributed by atoms with Gasteiger partial charge in [-0.25, -0.2) is 0 Å². The molecule has 0 aliphatic carbocycles. The highest BCUT2D eigenvalue weighted by Crippen LogP contribution is 2.13. The average Bonchev–Trinajstić information content (AvgIpc) is 2.45. The van der Waals surface area contributed by atoms with E-state index in [-0.39, 0.29) is 17.7 Å². The van der Waals surface area contributed by atoms with Gasteiger partial charge in [-0.3, -0.25) is 14.5 Å². The molecule has 1 saturated heterocycles. The van der Waals surface area contributed by atoms with Crippen molar-refractivity contribution in [3.63, 3.8) is 0 Å². The third-order valence-electron chi connectivity index (χ3n) is 4.32. The van der Waals surface area contributed by atoms with Crippen LogP contribution in [0.15, 0.2) is 0 Å². The van der Waals surface area contributed by atoms with Crippen LogP contribution >= 0.6 is 0 Å². The van der Waals surface area contributed by atoms with E-state index in [2.05, 4.69) is 24.1 Å². The summed E-state index contributed by atoms with van der Waals surface area (Å²) in [4.78, 5) is 29.0. The fourth-order valence-corrected chi connectivity index (χ4v) is 2.58. The monoisotopic (exact) mass is 312 g/mol. The molecule has 0 aromatic heterocycles. The maximum Gasteiger partial charge on any atom is 0.247 e. The number of hydrogen-bond donors (Lipinski definition) is 2. The summed E-state index contributed by atoms with van der Waals surface area (Å²) in [6.07, 6.45) is 0. The fourth-order valence-electron chi connectivity index (χ4n) is 2.58. The van der Waals surface area contributed by atoms with Crippen molar-refractivity contribution >= 4 is 11.8 Å². The Balaban J connectivity index is 2.62. The van der Waals surface area contributed by atoms with Gasteiger partial charge in [0.2, 0.25) is 11.8 Å². The normalized spacial score (nSPS) is 18.7. The Morgan fingerprint density at radius 1 is 1.05 bits per heavy atom. The van der Waals surface area contributed by atoms with E-state index in [4.69, 9.17) is 5.73 Å². The molecule has 0 radical (unpaired) electrons. The maximum absolute atomic E-state index is 12.7. The van der Waals surface area contributed by atoms with E-state index >= 15 is 0 Å². The molecular weight excluding hydrogens is 280 g/mol. The first-order valence-electron chi connectivity index (χ1n) is 8.17.